The van der Waals surface area contributed by atoms with Crippen molar-refractivity contribution in [1.29, 1.82) is 0 Å². The molecule has 1 rings (SSSR count). The van der Waals surface area contributed by atoms with Crippen LogP contribution in [0.15, 0.2) is 24.3 Å². The molecule has 0 amide bonds. The van der Waals surface area contributed by atoms with Crippen molar-refractivity contribution in [3.8, 4) is 5.75 Å². The van der Waals surface area contributed by atoms with Crippen molar-refractivity contribution >= 4 is 15.7 Å². The van der Waals surface area contributed by atoms with E-state index in [1.165, 1.54) is 0 Å². The van der Waals surface area contributed by atoms with E-state index in [0.717, 1.165) is 0 Å². The van der Waals surface area contributed by atoms with Gasteiger partial charge in [-0.1, -0.05) is 6.07 Å². The summed E-state index contributed by atoms with van der Waals surface area (Å²) in [6, 6.07) is 6.89. The van der Waals surface area contributed by atoms with E-state index in [4.69, 9.17) is 4.74 Å². The lowest BCUT2D eigenvalue weighted by Crippen LogP contribution is -2.14. The molecule has 5 heteroatoms. The minimum Gasteiger partial charge on any atom is -0.494 e. The SMILES string of the molecule is CCOc1cccc(NS(=O)(=O)CC)c1. The number of ether oxygens (including phenoxy) is 1. The highest BCUT2D eigenvalue weighted by Gasteiger charge is 2.06. The van der Waals surface area contributed by atoms with Gasteiger partial charge in [-0.25, -0.2) is 8.42 Å². The van der Waals surface area contributed by atoms with Crippen LogP contribution in [-0.2, 0) is 10.0 Å². The molecule has 0 aliphatic heterocycles. The van der Waals surface area contributed by atoms with Gasteiger partial charge in [0.1, 0.15) is 5.75 Å². The first-order valence-electron chi connectivity index (χ1n) is 4.80. The van der Waals surface area contributed by atoms with Crippen LogP contribution in [0.2, 0.25) is 0 Å². The minimum atomic E-state index is -3.21. The Hall–Kier alpha value is -1.23. The topological polar surface area (TPSA) is 55.4 Å². The van der Waals surface area contributed by atoms with Crippen LogP contribution < -0.4 is 9.46 Å². The number of hydrogen-bond acceptors (Lipinski definition) is 3. The van der Waals surface area contributed by atoms with Gasteiger partial charge in [0.05, 0.1) is 18.0 Å². The summed E-state index contributed by atoms with van der Waals surface area (Å²) in [6.07, 6.45) is 0. The summed E-state index contributed by atoms with van der Waals surface area (Å²) in [5, 5.41) is 0. The van der Waals surface area contributed by atoms with Crippen LogP contribution in [0.25, 0.3) is 0 Å². The summed E-state index contributed by atoms with van der Waals surface area (Å²) < 4.78 is 30.3. The zero-order valence-corrected chi connectivity index (χ0v) is 9.67. The lowest BCUT2D eigenvalue weighted by atomic mass is 10.3. The number of nitrogens with one attached hydrogen (secondary N) is 1. The third kappa shape index (κ3) is 3.79. The Morgan fingerprint density at radius 2 is 2.07 bits per heavy atom. The summed E-state index contributed by atoms with van der Waals surface area (Å²) >= 11 is 0. The maximum atomic E-state index is 11.3. The van der Waals surface area contributed by atoms with E-state index >= 15 is 0 Å². The Bertz CT molecular complexity index is 414. The van der Waals surface area contributed by atoms with Gasteiger partial charge in [-0.15, -0.1) is 0 Å². The average Bonchev–Trinajstić information content (AvgIpc) is 2.18. The molecule has 1 aromatic rings. The molecule has 0 aliphatic rings. The zero-order chi connectivity index (χ0) is 11.3. The molecule has 0 unspecified atom stereocenters. The lowest BCUT2D eigenvalue weighted by Gasteiger charge is -2.08. The van der Waals surface area contributed by atoms with Gasteiger partial charge in [-0.2, -0.15) is 0 Å². The molecule has 0 aliphatic carbocycles. The third-order valence-electron chi connectivity index (χ3n) is 1.80. The molecule has 0 bridgehead atoms. The van der Waals surface area contributed by atoms with Gasteiger partial charge in [-0.05, 0) is 26.0 Å². The summed E-state index contributed by atoms with van der Waals surface area (Å²) in [6.45, 7) is 4.03. The van der Waals surface area contributed by atoms with E-state index in [-0.39, 0.29) is 5.75 Å². The molecule has 0 radical (unpaired) electrons. The molecule has 1 aromatic carbocycles. The van der Waals surface area contributed by atoms with Crippen LogP contribution in [0.4, 0.5) is 5.69 Å². The Kier molecular flexibility index (Phi) is 3.96. The first-order valence-corrected chi connectivity index (χ1v) is 6.46. The normalized spacial score (nSPS) is 11.1. The summed E-state index contributed by atoms with van der Waals surface area (Å²) in [4.78, 5) is 0. The van der Waals surface area contributed by atoms with Gasteiger partial charge in [0.15, 0.2) is 0 Å². The molecular formula is C10H15NO3S. The number of hydrogen-bond donors (Lipinski definition) is 1. The van der Waals surface area contributed by atoms with Crippen molar-refractivity contribution in [2.75, 3.05) is 17.1 Å². The van der Waals surface area contributed by atoms with Gasteiger partial charge in [0, 0.05) is 6.07 Å². The molecule has 0 saturated carbocycles. The van der Waals surface area contributed by atoms with E-state index in [1.807, 2.05) is 6.92 Å². The summed E-state index contributed by atoms with van der Waals surface area (Å²) in [5.74, 6) is 0.722. The van der Waals surface area contributed by atoms with E-state index < -0.39 is 10.0 Å². The van der Waals surface area contributed by atoms with Crippen molar-refractivity contribution < 1.29 is 13.2 Å². The molecule has 0 heterocycles. The predicted octanol–water partition coefficient (Wildman–Crippen LogP) is 1.85. The standard InChI is InChI=1S/C10H15NO3S/c1-3-14-10-7-5-6-9(8-10)11-15(12,13)4-2/h5-8,11H,3-4H2,1-2H3. The Balaban J connectivity index is 2.82. The number of anilines is 1. The Morgan fingerprint density at radius 1 is 1.33 bits per heavy atom. The molecule has 0 fully saturated rings. The van der Waals surface area contributed by atoms with Crippen molar-refractivity contribution in [3.05, 3.63) is 24.3 Å². The molecule has 1 N–H and O–H groups in total. The first kappa shape index (κ1) is 11.8. The fourth-order valence-corrected chi connectivity index (χ4v) is 1.70. The van der Waals surface area contributed by atoms with Gasteiger partial charge < -0.3 is 4.74 Å². The number of sulfonamides is 1. The number of benzene rings is 1. The smallest absolute Gasteiger partial charge is 0.232 e. The summed E-state index contributed by atoms with van der Waals surface area (Å²) in [5.41, 5.74) is 0.530. The molecular weight excluding hydrogens is 214 g/mol. The quantitative estimate of drug-likeness (QED) is 0.838. The van der Waals surface area contributed by atoms with Gasteiger partial charge in [0.2, 0.25) is 10.0 Å². The van der Waals surface area contributed by atoms with Crippen LogP contribution >= 0.6 is 0 Å². The van der Waals surface area contributed by atoms with Crippen LogP contribution in [0.1, 0.15) is 13.8 Å². The second-order valence-electron chi connectivity index (χ2n) is 2.97. The molecule has 15 heavy (non-hydrogen) atoms. The van der Waals surface area contributed by atoms with Gasteiger partial charge in [-0.3, -0.25) is 4.72 Å². The van der Waals surface area contributed by atoms with Gasteiger partial charge >= 0.3 is 0 Å². The zero-order valence-electron chi connectivity index (χ0n) is 8.86. The van der Waals surface area contributed by atoms with E-state index in [9.17, 15) is 8.42 Å². The first-order chi connectivity index (χ1) is 7.07. The summed E-state index contributed by atoms with van der Waals surface area (Å²) in [7, 11) is -3.21. The van der Waals surface area contributed by atoms with Crippen LogP contribution in [-0.4, -0.2) is 20.8 Å². The van der Waals surface area contributed by atoms with Crippen LogP contribution in [0.5, 0.6) is 5.75 Å². The maximum Gasteiger partial charge on any atom is 0.232 e. The van der Waals surface area contributed by atoms with E-state index in [1.54, 1.807) is 31.2 Å². The van der Waals surface area contributed by atoms with Crippen molar-refractivity contribution in [1.82, 2.24) is 0 Å². The van der Waals surface area contributed by atoms with E-state index in [0.29, 0.717) is 18.0 Å². The Labute approximate surface area is 90.3 Å². The highest BCUT2D eigenvalue weighted by molar-refractivity contribution is 7.92. The second-order valence-corrected chi connectivity index (χ2v) is 4.98. The van der Waals surface area contributed by atoms with Crippen LogP contribution in [0.3, 0.4) is 0 Å². The fraction of sp³-hybridized carbons (Fsp3) is 0.400. The van der Waals surface area contributed by atoms with Crippen molar-refractivity contribution in [2.45, 2.75) is 13.8 Å². The molecule has 0 spiro atoms. The molecule has 0 aromatic heterocycles. The monoisotopic (exact) mass is 229 g/mol. The van der Waals surface area contributed by atoms with Crippen LogP contribution in [0, 0.1) is 0 Å². The van der Waals surface area contributed by atoms with E-state index in [2.05, 4.69) is 4.72 Å². The molecule has 0 atom stereocenters. The predicted molar refractivity (Wildman–Crippen MR) is 60.7 cm³/mol. The third-order valence-corrected chi connectivity index (χ3v) is 3.11. The molecule has 0 saturated heterocycles. The van der Waals surface area contributed by atoms with Gasteiger partial charge in [0.25, 0.3) is 0 Å². The highest BCUT2D eigenvalue weighted by atomic mass is 32.2. The fourth-order valence-electron chi connectivity index (χ4n) is 1.07. The maximum absolute atomic E-state index is 11.3. The second kappa shape index (κ2) is 5.02. The average molecular weight is 229 g/mol. The largest absolute Gasteiger partial charge is 0.494 e. The highest BCUT2D eigenvalue weighted by Crippen LogP contribution is 2.18. The van der Waals surface area contributed by atoms with Crippen molar-refractivity contribution in [3.63, 3.8) is 0 Å². The van der Waals surface area contributed by atoms with Crippen molar-refractivity contribution in [2.24, 2.45) is 0 Å². The minimum absolute atomic E-state index is 0.0614. The number of rotatable bonds is 5. The lowest BCUT2D eigenvalue weighted by molar-refractivity contribution is 0.340. The Morgan fingerprint density at radius 3 is 2.67 bits per heavy atom. The molecule has 4 nitrogen and oxygen atoms in total. The molecule has 84 valence electrons.